The van der Waals surface area contributed by atoms with Crippen LogP contribution in [-0.2, 0) is 10.9 Å². The molecule has 1 heterocycles. The lowest BCUT2D eigenvalue weighted by molar-refractivity contribution is -0.137. The van der Waals surface area contributed by atoms with Crippen LogP contribution in [0.4, 0.5) is 18.0 Å². The summed E-state index contributed by atoms with van der Waals surface area (Å²) in [4.78, 5) is 10.9. The Morgan fingerprint density at radius 1 is 1.45 bits per heavy atom. The van der Waals surface area contributed by atoms with E-state index in [9.17, 15) is 18.0 Å². The number of nitrogens with one attached hydrogen (secondary N) is 1. The monoisotopic (exact) mass is 282 g/mol. The molecule has 0 radical (unpaired) electrons. The number of carbonyl (C=O) groups is 1. The van der Waals surface area contributed by atoms with Crippen molar-refractivity contribution in [1.82, 2.24) is 5.43 Å². The van der Waals surface area contributed by atoms with Crippen molar-refractivity contribution >= 4 is 11.8 Å². The first-order valence-electron chi connectivity index (χ1n) is 5.55. The highest BCUT2D eigenvalue weighted by Crippen LogP contribution is 2.32. The van der Waals surface area contributed by atoms with Crippen molar-refractivity contribution in [3.05, 3.63) is 34.9 Å². The molecule has 0 saturated heterocycles. The van der Waals surface area contributed by atoms with Crippen molar-refractivity contribution < 1.29 is 22.7 Å². The minimum Gasteiger partial charge on any atom is -0.439 e. The van der Waals surface area contributed by atoms with Crippen LogP contribution in [0.1, 0.15) is 23.6 Å². The Morgan fingerprint density at radius 2 is 2.15 bits per heavy atom. The molecule has 1 aromatic rings. The average molecular weight is 282 g/mol. The van der Waals surface area contributed by atoms with Gasteiger partial charge in [0.1, 0.15) is 11.8 Å². The Hall–Kier alpha value is -2.49. The summed E-state index contributed by atoms with van der Waals surface area (Å²) in [5.74, 6) is 1.99. The maximum absolute atomic E-state index is 12.9. The van der Waals surface area contributed by atoms with Crippen LogP contribution in [0.5, 0.6) is 0 Å². The number of hydrazone groups is 1. The van der Waals surface area contributed by atoms with Gasteiger partial charge in [-0.1, -0.05) is 12.0 Å². The predicted molar refractivity (Wildman–Crippen MR) is 65.0 cm³/mol. The molecule has 1 aliphatic rings. The van der Waals surface area contributed by atoms with Gasteiger partial charge in [-0.25, -0.2) is 10.2 Å². The quantitative estimate of drug-likeness (QED) is 0.805. The molecule has 104 valence electrons. The van der Waals surface area contributed by atoms with E-state index < -0.39 is 23.9 Å². The van der Waals surface area contributed by atoms with Gasteiger partial charge in [0.15, 0.2) is 0 Å². The van der Waals surface area contributed by atoms with Gasteiger partial charge >= 0.3 is 12.3 Å². The van der Waals surface area contributed by atoms with Crippen LogP contribution in [0, 0.1) is 12.3 Å². The standard InChI is InChI=1S/C13H9F3N2O2/c1-3-8-4-5-9(6-10(8)13(14,15)16)11-7(2)20-12(19)18-17-11/h1,4-7H,2H3,(H,18,19)/t7-/m0/s1. The maximum atomic E-state index is 12.9. The number of cyclic esters (lactones) is 1. The Bertz CT molecular complexity index is 629. The molecule has 0 spiro atoms. The average Bonchev–Trinajstić information content (AvgIpc) is 2.37. The molecule has 1 aliphatic heterocycles. The lowest BCUT2D eigenvalue weighted by atomic mass is 9.99. The zero-order valence-corrected chi connectivity index (χ0v) is 10.3. The minimum atomic E-state index is -4.57. The Morgan fingerprint density at radius 3 is 2.70 bits per heavy atom. The fourth-order valence-corrected chi connectivity index (χ4v) is 1.80. The number of benzene rings is 1. The summed E-state index contributed by atoms with van der Waals surface area (Å²) in [7, 11) is 0. The minimum absolute atomic E-state index is 0.184. The number of rotatable bonds is 1. The lowest BCUT2D eigenvalue weighted by Gasteiger charge is -2.21. The number of amides is 1. The lowest BCUT2D eigenvalue weighted by Crippen LogP contribution is -2.37. The SMILES string of the molecule is C#Cc1ccc(C2=NNC(=O)O[C@H]2C)cc1C(F)(F)F. The topological polar surface area (TPSA) is 50.7 Å². The van der Waals surface area contributed by atoms with Crippen LogP contribution in [0.3, 0.4) is 0 Å². The van der Waals surface area contributed by atoms with E-state index in [1.807, 2.05) is 5.92 Å². The first-order chi connectivity index (χ1) is 9.32. The first-order valence-corrected chi connectivity index (χ1v) is 5.55. The van der Waals surface area contributed by atoms with Gasteiger partial charge in [0.05, 0.1) is 5.56 Å². The number of hydrogen-bond acceptors (Lipinski definition) is 3. The van der Waals surface area contributed by atoms with E-state index in [1.54, 1.807) is 0 Å². The van der Waals surface area contributed by atoms with E-state index in [0.717, 1.165) is 6.07 Å². The van der Waals surface area contributed by atoms with E-state index in [4.69, 9.17) is 11.2 Å². The molecule has 0 bridgehead atoms. The Kier molecular flexibility index (Phi) is 3.40. The Labute approximate surface area is 112 Å². The van der Waals surface area contributed by atoms with E-state index >= 15 is 0 Å². The number of terminal acetylenes is 1. The number of carbonyl (C=O) groups excluding carboxylic acids is 1. The summed E-state index contributed by atoms with van der Waals surface area (Å²) in [5, 5.41) is 3.71. The number of nitrogens with zero attached hydrogens (tertiary/aromatic N) is 1. The second kappa shape index (κ2) is 4.89. The van der Waals surface area contributed by atoms with Gasteiger partial charge in [-0.3, -0.25) is 0 Å². The van der Waals surface area contributed by atoms with Crippen molar-refractivity contribution in [2.75, 3.05) is 0 Å². The normalized spacial score (nSPS) is 18.6. The van der Waals surface area contributed by atoms with Crippen LogP contribution in [0.2, 0.25) is 0 Å². The van der Waals surface area contributed by atoms with E-state index in [0.29, 0.717) is 0 Å². The fourth-order valence-electron chi connectivity index (χ4n) is 1.80. The molecule has 0 aromatic heterocycles. The van der Waals surface area contributed by atoms with Crippen molar-refractivity contribution in [1.29, 1.82) is 0 Å². The van der Waals surface area contributed by atoms with Gasteiger partial charge in [0.2, 0.25) is 0 Å². The predicted octanol–water partition coefficient (Wildman–Crippen LogP) is 2.52. The molecule has 1 atom stereocenters. The van der Waals surface area contributed by atoms with Gasteiger partial charge in [0.25, 0.3) is 0 Å². The number of alkyl halides is 3. The highest BCUT2D eigenvalue weighted by molar-refractivity contribution is 6.05. The summed E-state index contributed by atoms with van der Waals surface area (Å²) in [6.45, 7) is 1.51. The molecule has 1 N–H and O–H groups in total. The second-order valence-corrected chi connectivity index (χ2v) is 4.06. The van der Waals surface area contributed by atoms with E-state index in [-0.39, 0.29) is 16.8 Å². The van der Waals surface area contributed by atoms with Crippen LogP contribution >= 0.6 is 0 Å². The molecule has 4 nitrogen and oxygen atoms in total. The summed E-state index contributed by atoms with van der Waals surface area (Å²) in [6, 6.07) is 3.48. The highest BCUT2D eigenvalue weighted by Gasteiger charge is 2.34. The summed E-state index contributed by atoms with van der Waals surface area (Å²) < 4.78 is 43.5. The number of hydrogen-bond donors (Lipinski definition) is 1. The van der Waals surface area contributed by atoms with Crippen molar-refractivity contribution in [2.24, 2.45) is 5.10 Å². The zero-order valence-electron chi connectivity index (χ0n) is 10.3. The third-order valence-electron chi connectivity index (χ3n) is 2.71. The van der Waals surface area contributed by atoms with Crippen LogP contribution in [0.15, 0.2) is 23.3 Å². The van der Waals surface area contributed by atoms with Crippen LogP contribution in [0.25, 0.3) is 0 Å². The van der Waals surface area contributed by atoms with Gasteiger partial charge in [-0.2, -0.15) is 18.3 Å². The second-order valence-electron chi connectivity index (χ2n) is 4.06. The van der Waals surface area contributed by atoms with Crippen LogP contribution in [-0.4, -0.2) is 17.9 Å². The Balaban J connectivity index is 2.50. The van der Waals surface area contributed by atoms with Gasteiger partial charge < -0.3 is 4.74 Å². The summed E-state index contributed by atoms with van der Waals surface area (Å²) in [5.41, 5.74) is 1.25. The molecule has 0 fully saturated rings. The molecular weight excluding hydrogens is 273 g/mol. The smallest absolute Gasteiger partial charge is 0.428 e. The van der Waals surface area contributed by atoms with Gasteiger partial charge in [-0.15, -0.1) is 6.42 Å². The maximum Gasteiger partial charge on any atom is 0.428 e. The largest absolute Gasteiger partial charge is 0.439 e. The van der Waals surface area contributed by atoms with Crippen molar-refractivity contribution in [2.45, 2.75) is 19.2 Å². The molecule has 1 amide bonds. The number of halogens is 3. The van der Waals surface area contributed by atoms with Gasteiger partial charge in [0, 0.05) is 11.1 Å². The fraction of sp³-hybridized carbons (Fsp3) is 0.231. The van der Waals surface area contributed by atoms with E-state index in [2.05, 4.69) is 10.5 Å². The van der Waals surface area contributed by atoms with Crippen LogP contribution < -0.4 is 5.43 Å². The summed E-state index contributed by atoms with van der Waals surface area (Å²) in [6.07, 6.45) is -1.01. The number of ether oxygens (including phenoxy) is 1. The van der Waals surface area contributed by atoms with E-state index in [1.165, 1.54) is 19.1 Å². The molecular formula is C13H9F3N2O2. The molecule has 2 rings (SSSR count). The molecule has 20 heavy (non-hydrogen) atoms. The third-order valence-corrected chi connectivity index (χ3v) is 2.71. The van der Waals surface area contributed by atoms with Crippen molar-refractivity contribution in [3.63, 3.8) is 0 Å². The molecule has 0 aliphatic carbocycles. The van der Waals surface area contributed by atoms with Crippen molar-refractivity contribution in [3.8, 4) is 12.3 Å². The molecule has 0 saturated carbocycles. The zero-order chi connectivity index (χ0) is 14.9. The molecule has 1 aromatic carbocycles. The third kappa shape index (κ3) is 2.59. The summed E-state index contributed by atoms with van der Waals surface area (Å²) >= 11 is 0. The molecule has 7 heteroatoms. The highest BCUT2D eigenvalue weighted by atomic mass is 19.4. The van der Waals surface area contributed by atoms with Gasteiger partial charge in [-0.05, 0) is 19.1 Å². The first kappa shape index (κ1) is 13.9. The molecule has 0 unspecified atom stereocenters.